The Morgan fingerprint density at radius 2 is 0.912 bits per heavy atom. The van der Waals surface area contributed by atoms with Gasteiger partial charge in [0.05, 0.1) is 13.1 Å². The molecule has 1 heterocycles. The second-order valence-corrected chi connectivity index (χ2v) is 10.9. The van der Waals surface area contributed by atoms with Gasteiger partial charge in [0.2, 0.25) is 0 Å². The van der Waals surface area contributed by atoms with Crippen molar-refractivity contribution in [1.82, 2.24) is 4.57 Å². The molecule has 0 N–H and O–H groups in total. The van der Waals surface area contributed by atoms with E-state index in [4.69, 9.17) is 0 Å². The lowest BCUT2D eigenvalue weighted by molar-refractivity contribution is -0.704. The van der Waals surface area contributed by atoms with Crippen LogP contribution in [0.4, 0.5) is 0 Å². The molecule has 1 rings (SSSR count). The summed E-state index contributed by atoms with van der Waals surface area (Å²) in [6.07, 6.45) is 38.5. The number of hydrogen-bond acceptors (Lipinski definition) is 0. The van der Waals surface area contributed by atoms with Crippen LogP contribution in [0.3, 0.4) is 0 Å². The SMILES string of the molecule is CCCCCCCCCCCCc1n(CCCCCCCCCC)cc[n+]1CCCCCCC. The molecule has 0 atom stereocenters. The Kier molecular flexibility index (Phi) is 22.0. The number of nitrogens with zero attached hydrogens (tertiary/aromatic N) is 2. The second-order valence-electron chi connectivity index (χ2n) is 10.9. The number of imidazole rings is 1. The molecule has 0 aliphatic rings. The van der Waals surface area contributed by atoms with Crippen LogP contribution in [0.2, 0.25) is 0 Å². The highest BCUT2D eigenvalue weighted by molar-refractivity contribution is 4.84. The molecule has 0 aromatic carbocycles. The fourth-order valence-corrected chi connectivity index (χ4v) is 5.26. The fourth-order valence-electron chi connectivity index (χ4n) is 5.26. The lowest BCUT2D eigenvalue weighted by Gasteiger charge is -2.07. The first-order chi connectivity index (χ1) is 16.8. The van der Waals surface area contributed by atoms with E-state index in [-0.39, 0.29) is 0 Å². The van der Waals surface area contributed by atoms with Crippen LogP contribution >= 0.6 is 0 Å². The third-order valence-corrected chi connectivity index (χ3v) is 7.60. The van der Waals surface area contributed by atoms with E-state index >= 15 is 0 Å². The molecule has 0 radical (unpaired) electrons. The first kappa shape index (κ1) is 31.2. The quantitative estimate of drug-likeness (QED) is 0.0930. The summed E-state index contributed by atoms with van der Waals surface area (Å²) >= 11 is 0. The molecular weight excluding hydrogens is 412 g/mol. The van der Waals surface area contributed by atoms with Crippen molar-refractivity contribution in [1.29, 1.82) is 0 Å². The van der Waals surface area contributed by atoms with Crippen LogP contribution in [0.1, 0.15) is 174 Å². The number of hydrogen-bond donors (Lipinski definition) is 0. The van der Waals surface area contributed by atoms with Crippen molar-refractivity contribution < 1.29 is 4.57 Å². The smallest absolute Gasteiger partial charge is 0.234 e. The van der Waals surface area contributed by atoms with Gasteiger partial charge in [-0.15, -0.1) is 0 Å². The van der Waals surface area contributed by atoms with Gasteiger partial charge in [-0.3, -0.25) is 0 Å². The minimum Gasteiger partial charge on any atom is -0.234 e. The Hall–Kier alpha value is -0.790. The Bertz CT molecular complexity index is 533. The van der Waals surface area contributed by atoms with E-state index in [0.717, 1.165) is 0 Å². The average Bonchev–Trinajstić information content (AvgIpc) is 3.23. The van der Waals surface area contributed by atoms with E-state index in [1.54, 1.807) is 5.82 Å². The van der Waals surface area contributed by atoms with Gasteiger partial charge < -0.3 is 0 Å². The van der Waals surface area contributed by atoms with Crippen molar-refractivity contribution in [2.24, 2.45) is 0 Å². The standard InChI is InChI=1S/C32H63N2/c1-4-7-10-13-15-17-18-19-21-24-27-32-33(28-25-22-12-9-6-3)30-31-34(32)29-26-23-20-16-14-11-8-5-2/h30-31H,4-29H2,1-3H3/q+1. The van der Waals surface area contributed by atoms with Gasteiger partial charge in [0.25, 0.3) is 5.82 Å². The Balaban J connectivity index is 2.34. The normalized spacial score (nSPS) is 11.5. The maximum atomic E-state index is 2.61. The molecule has 34 heavy (non-hydrogen) atoms. The maximum absolute atomic E-state index is 2.61. The molecule has 0 fully saturated rings. The number of aromatic nitrogens is 2. The van der Waals surface area contributed by atoms with E-state index in [0.29, 0.717) is 0 Å². The van der Waals surface area contributed by atoms with E-state index in [2.05, 4.69) is 42.3 Å². The van der Waals surface area contributed by atoms with Crippen molar-refractivity contribution >= 4 is 0 Å². The highest BCUT2D eigenvalue weighted by Gasteiger charge is 2.16. The molecule has 1 aromatic rings. The predicted octanol–water partition coefficient (Wildman–Crippen LogP) is 10.4. The summed E-state index contributed by atoms with van der Waals surface area (Å²) in [7, 11) is 0. The molecule has 200 valence electrons. The molecule has 2 nitrogen and oxygen atoms in total. The number of aryl methyl sites for hydroxylation is 2. The van der Waals surface area contributed by atoms with Crippen molar-refractivity contribution in [3.63, 3.8) is 0 Å². The largest absolute Gasteiger partial charge is 0.256 e. The van der Waals surface area contributed by atoms with Crippen LogP contribution in [0.5, 0.6) is 0 Å². The lowest BCUT2D eigenvalue weighted by atomic mass is 10.1. The molecule has 0 bridgehead atoms. The molecule has 0 amide bonds. The minimum absolute atomic E-state index is 1.22. The minimum atomic E-state index is 1.22. The number of rotatable bonds is 26. The van der Waals surface area contributed by atoms with Crippen LogP contribution in [0.15, 0.2) is 12.4 Å². The highest BCUT2D eigenvalue weighted by atomic mass is 15.1. The Morgan fingerprint density at radius 3 is 1.41 bits per heavy atom. The molecule has 0 aliphatic carbocycles. The van der Waals surface area contributed by atoms with Crippen molar-refractivity contribution in [2.45, 2.75) is 188 Å². The van der Waals surface area contributed by atoms with Crippen LogP contribution in [-0.4, -0.2) is 4.57 Å². The van der Waals surface area contributed by atoms with E-state index < -0.39 is 0 Å². The third kappa shape index (κ3) is 16.8. The van der Waals surface area contributed by atoms with Crippen LogP contribution in [0, 0.1) is 0 Å². The summed E-state index contributed by atoms with van der Waals surface area (Å²) in [5, 5.41) is 0. The summed E-state index contributed by atoms with van der Waals surface area (Å²) in [5.74, 6) is 1.61. The molecule has 0 unspecified atom stereocenters. The molecule has 1 aromatic heterocycles. The zero-order chi connectivity index (χ0) is 24.5. The van der Waals surface area contributed by atoms with Crippen LogP contribution in [-0.2, 0) is 19.5 Å². The van der Waals surface area contributed by atoms with E-state index in [1.165, 1.54) is 167 Å². The summed E-state index contributed by atoms with van der Waals surface area (Å²) in [6.45, 7) is 9.38. The zero-order valence-electron chi connectivity index (χ0n) is 23.9. The van der Waals surface area contributed by atoms with Crippen molar-refractivity contribution in [3.05, 3.63) is 18.2 Å². The molecule has 0 spiro atoms. The maximum Gasteiger partial charge on any atom is 0.256 e. The fraction of sp³-hybridized carbons (Fsp3) is 0.906. The van der Waals surface area contributed by atoms with Gasteiger partial charge in [0.1, 0.15) is 12.4 Å². The predicted molar refractivity (Wildman–Crippen MR) is 152 cm³/mol. The molecule has 0 saturated heterocycles. The third-order valence-electron chi connectivity index (χ3n) is 7.60. The van der Waals surface area contributed by atoms with E-state index in [1.807, 2.05) is 0 Å². The second kappa shape index (κ2) is 23.9. The van der Waals surface area contributed by atoms with Gasteiger partial charge in [-0.1, -0.05) is 136 Å². The van der Waals surface area contributed by atoms with Crippen molar-refractivity contribution in [3.8, 4) is 0 Å². The van der Waals surface area contributed by atoms with Gasteiger partial charge in [-0.05, 0) is 32.1 Å². The van der Waals surface area contributed by atoms with Crippen LogP contribution in [0.25, 0.3) is 0 Å². The molecule has 2 heteroatoms. The molecule has 0 aliphatic heterocycles. The highest BCUT2D eigenvalue weighted by Crippen LogP contribution is 2.14. The van der Waals surface area contributed by atoms with Crippen LogP contribution < -0.4 is 4.57 Å². The summed E-state index contributed by atoms with van der Waals surface area (Å²) < 4.78 is 5.21. The molecular formula is C32H63N2+. The van der Waals surface area contributed by atoms with Gasteiger partial charge in [0.15, 0.2) is 0 Å². The van der Waals surface area contributed by atoms with Gasteiger partial charge >= 0.3 is 0 Å². The average molecular weight is 476 g/mol. The Morgan fingerprint density at radius 1 is 0.500 bits per heavy atom. The first-order valence-electron chi connectivity index (χ1n) is 15.9. The Labute approximate surface area is 215 Å². The van der Waals surface area contributed by atoms with E-state index in [9.17, 15) is 0 Å². The molecule has 0 saturated carbocycles. The van der Waals surface area contributed by atoms with Crippen molar-refractivity contribution in [2.75, 3.05) is 0 Å². The number of unbranched alkanes of at least 4 members (excludes halogenated alkanes) is 20. The summed E-state index contributed by atoms with van der Waals surface area (Å²) in [6, 6.07) is 0. The summed E-state index contributed by atoms with van der Waals surface area (Å²) in [5.41, 5.74) is 0. The summed E-state index contributed by atoms with van der Waals surface area (Å²) in [4.78, 5) is 0. The first-order valence-corrected chi connectivity index (χ1v) is 15.9. The topological polar surface area (TPSA) is 8.81 Å². The zero-order valence-corrected chi connectivity index (χ0v) is 23.9. The lowest BCUT2D eigenvalue weighted by Crippen LogP contribution is -2.37. The van der Waals surface area contributed by atoms with Gasteiger partial charge in [-0.2, -0.15) is 0 Å². The van der Waals surface area contributed by atoms with Gasteiger partial charge in [0, 0.05) is 6.42 Å². The van der Waals surface area contributed by atoms with Gasteiger partial charge in [-0.25, -0.2) is 9.13 Å². The monoisotopic (exact) mass is 475 g/mol.